The topological polar surface area (TPSA) is 75.4 Å². The second-order valence-corrected chi connectivity index (χ2v) is 6.35. The molecule has 0 N–H and O–H groups in total. The summed E-state index contributed by atoms with van der Waals surface area (Å²) in [6.07, 6.45) is 0. The van der Waals surface area contributed by atoms with Crippen LogP contribution in [0, 0.1) is 13.8 Å². The number of fused-ring (bicyclic) bond motifs is 1. The number of carbonyl (C=O) groups is 1. The first kappa shape index (κ1) is 16.3. The third-order valence-corrected chi connectivity index (χ3v) is 4.65. The van der Waals surface area contributed by atoms with E-state index in [2.05, 4.69) is 5.10 Å². The lowest BCUT2D eigenvalue weighted by atomic mass is 10.3. The summed E-state index contributed by atoms with van der Waals surface area (Å²) >= 11 is 1.06. The molecular weight excluding hydrogens is 330 g/mol. The van der Waals surface area contributed by atoms with Crippen molar-refractivity contribution in [3.63, 3.8) is 0 Å². The van der Waals surface area contributed by atoms with E-state index in [-0.39, 0.29) is 17.3 Å². The Bertz CT molecular complexity index is 983. The highest BCUT2D eigenvalue weighted by atomic mass is 32.1. The molecular formula is C16H17N3O4S. The van der Waals surface area contributed by atoms with Crippen LogP contribution in [-0.2, 0) is 6.54 Å². The standard InChI is InChI=1S/C16H17N3O4S/c1-9-5-10(2)19(17-9)15(20)8-18-11-6-12(22-3)13(23-4)7-14(11)24-16(18)21/h5-7H,8H2,1-4H3. The van der Waals surface area contributed by atoms with E-state index in [1.165, 1.54) is 23.5 Å². The molecule has 8 heteroatoms. The second kappa shape index (κ2) is 6.12. The Morgan fingerprint density at radius 1 is 1.17 bits per heavy atom. The molecule has 0 spiro atoms. The van der Waals surface area contributed by atoms with Gasteiger partial charge in [-0.2, -0.15) is 5.10 Å². The van der Waals surface area contributed by atoms with Crippen LogP contribution in [0.3, 0.4) is 0 Å². The first-order valence-electron chi connectivity index (χ1n) is 7.26. The highest BCUT2D eigenvalue weighted by Gasteiger charge is 2.17. The molecule has 7 nitrogen and oxygen atoms in total. The first-order valence-corrected chi connectivity index (χ1v) is 8.08. The fourth-order valence-corrected chi connectivity index (χ4v) is 3.52. The molecule has 0 unspecified atom stereocenters. The van der Waals surface area contributed by atoms with Crippen LogP contribution in [0.2, 0.25) is 0 Å². The third kappa shape index (κ3) is 2.69. The van der Waals surface area contributed by atoms with Crippen LogP contribution < -0.4 is 14.3 Å². The molecule has 126 valence electrons. The number of rotatable bonds is 4. The Morgan fingerprint density at radius 2 is 1.83 bits per heavy atom. The SMILES string of the molecule is COc1cc2sc(=O)n(CC(=O)n3nc(C)cc3C)c2cc1OC. The summed E-state index contributed by atoms with van der Waals surface area (Å²) in [6, 6.07) is 5.27. The summed E-state index contributed by atoms with van der Waals surface area (Å²) in [6.45, 7) is 3.54. The highest BCUT2D eigenvalue weighted by molar-refractivity contribution is 7.16. The van der Waals surface area contributed by atoms with Gasteiger partial charge in [0.2, 0.25) is 0 Å². The van der Waals surface area contributed by atoms with Crippen LogP contribution >= 0.6 is 11.3 Å². The van der Waals surface area contributed by atoms with Crippen molar-refractivity contribution in [2.75, 3.05) is 14.2 Å². The number of aromatic nitrogens is 3. The van der Waals surface area contributed by atoms with E-state index >= 15 is 0 Å². The molecule has 2 aromatic heterocycles. The van der Waals surface area contributed by atoms with Gasteiger partial charge < -0.3 is 9.47 Å². The maximum atomic E-state index is 12.5. The van der Waals surface area contributed by atoms with Gasteiger partial charge in [-0.05, 0) is 19.9 Å². The fourth-order valence-electron chi connectivity index (χ4n) is 2.62. The average molecular weight is 347 g/mol. The minimum absolute atomic E-state index is 0.0870. The minimum Gasteiger partial charge on any atom is -0.493 e. The zero-order valence-electron chi connectivity index (χ0n) is 13.8. The Morgan fingerprint density at radius 3 is 2.42 bits per heavy atom. The predicted molar refractivity (Wildman–Crippen MR) is 91.5 cm³/mol. The van der Waals surface area contributed by atoms with Crippen molar-refractivity contribution in [1.82, 2.24) is 14.3 Å². The van der Waals surface area contributed by atoms with Crippen molar-refractivity contribution < 1.29 is 14.3 Å². The summed E-state index contributed by atoms with van der Waals surface area (Å²) in [5.74, 6) is 0.788. The molecule has 0 radical (unpaired) electrons. The predicted octanol–water partition coefficient (Wildman–Crippen LogP) is 2.23. The van der Waals surface area contributed by atoms with Gasteiger partial charge in [0.25, 0.3) is 5.91 Å². The molecule has 2 heterocycles. The molecule has 0 fully saturated rings. The highest BCUT2D eigenvalue weighted by Crippen LogP contribution is 2.33. The molecule has 3 rings (SSSR count). The Hall–Kier alpha value is -2.61. The van der Waals surface area contributed by atoms with Gasteiger partial charge in [-0.3, -0.25) is 14.2 Å². The molecule has 0 atom stereocenters. The molecule has 0 amide bonds. The largest absolute Gasteiger partial charge is 0.493 e. The van der Waals surface area contributed by atoms with Crippen LogP contribution in [0.1, 0.15) is 16.2 Å². The molecule has 24 heavy (non-hydrogen) atoms. The quantitative estimate of drug-likeness (QED) is 0.723. The maximum Gasteiger partial charge on any atom is 0.308 e. The van der Waals surface area contributed by atoms with Crippen molar-refractivity contribution >= 4 is 27.5 Å². The number of methoxy groups -OCH3 is 2. The molecule has 0 saturated carbocycles. The normalized spacial score (nSPS) is 11.0. The lowest BCUT2D eigenvalue weighted by Crippen LogP contribution is -2.25. The number of nitrogens with zero attached hydrogens (tertiary/aromatic N) is 3. The molecule has 0 aliphatic heterocycles. The van der Waals surface area contributed by atoms with Crippen molar-refractivity contribution in [3.05, 3.63) is 39.3 Å². The van der Waals surface area contributed by atoms with Crippen molar-refractivity contribution in [3.8, 4) is 11.5 Å². The summed E-state index contributed by atoms with van der Waals surface area (Å²) in [5, 5.41) is 4.17. The van der Waals surface area contributed by atoms with Gasteiger partial charge in [-0.25, -0.2) is 4.68 Å². The summed E-state index contributed by atoms with van der Waals surface area (Å²) in [4.78, 5) is 24.6. The number of hydrogen-bond donors (Lipinski definition) is 0. The minimum atomic E-state index is -0.266. The number of carbonyl (C=O) groups excluding carboxylic acids is 1. The van der Waals surface area contributed by atoms with Crippen LogP contribution in [0.5, 0.6) is 11.5 Å². The van der Waals surface area contributed by atoms with Gasteiger partial charge in [0, 0.05) is 17.8 Å². The van der Waals surface area contributed by atoms with Gasteiger partial charge in [-0.15, -0.1) is 0 Å². The third-order valence-electron chi connectivity index (χ3n) is 3.71. The fraction of sp³-hybridized carbons (Fsp3) is 0.312. The van der Waals surface area contributed by atoms with Crippen LogP contribution in [0.4, 0.5) is 0 Å². The average Bonchev–Trinajstić information content (AvgIpc) is 3.04. The maximum absolute atomic E-state index is 12.5. The van der Waals surface area contributed by atoms with Gasteiger partial charge in [0.05, 0.1) is 30.1 Å². The van der Waals surface area contributed by atoms with E-state index in [1.807, 2.05) is 13.0 Å². The van der Waals surface area contributed by atoms with Crippen LogP contribution in [0.25, 0.3) is 10.2 Å². The lowest BCUT2D eigenvalue weighted by molar-refractivity contribution is 0.0873. The molecule has 0 saturated heterocycles. The number of thiazole rings is 1. The van der Waals surface area contributed by atoms with Gasteiger partial charge in [0.15, 0.2) is 11.5 Å². The van der Waals surface area contributed by atoms with E-state index in [0.717, 1.165) is 27.4 Å². The second-order valence-electron chi connectivity index (χ2n) is 5.36. The van der Waals surface area contributed by atoms with Crippen molar-refractivity contribution in [2.45, 2.75) is 20.4 Å². The number of benzene rings is 1. The number of hydrogen-bond acceptors (Lipinski definition) is 6. The van der Waals surface area contributed by atoms with Gasteiger partial charge >= 0.3 is 4.87 Å². The number of ether oxygens (including phenoxy) is 2. The zero-order chi connectivity index (χ0) is 17.4. The smallest absolute Gasteiger partial charge is 0.308 e. The van der Waals surface area contributed by atoms with Crippen LogP contribution in [0.15, 0.2) is 23.0 Å². The monoisotopic (exact) mass is 347 g/mol. The molecule has 0 aliphatic carbocycles. The van der Waals surface area contributed by atoms with E-state index in [4.69, 9.17) is 9.47 Å². The van der Waals surface area contributed by atoms with Crippen molar-refractivity contribution in [1.29, 1.82) is 0 Å². The first-order chi connectivity index (χ1) is 11.4. The van der Waals surface area contributed by atoms with E-state index in [1.54, 1.807) is 19.1 Å². The van der Waals surface area contributed by atoms with E-state index < -0.39 is 0 Å². The zero-order valence-corrected chi connectivity index (χ0v) is 14.6. The summed E-state index contributed by atoms with van der Waals surface area (Å²) in [5.41, 5.74) is 2.14. The molecule has 3 aromatic rings. The van der Waals surface area contributed by atoms with E-state index in [0.29, 0.717) is 17.0 Å². The van der Waals surface area contributed by atoms with Crippen LogP contribution in [-0.4, -0.2) is 34.5 Å². The molecule has 0 aliphatic rings. The molecule has 1 aromatic carbocycles. The number of aryl methyl sites for hydroxylation is 2. The molecule has 0 bridgehead atoms. The van der Waals surface area contributed by atoms with Gasteiger partial charge in [-0.1, -0.05) is 11.3 Å². The Labute approximate surface area is 142 Å². The summed E-state index contributed by atoms with van der Waals surface area (Å²) < 4.78 is 14.0. The van der Waals surface area contributed by atoms with Gasteiger partial charge in [0.1, 0.15) is 6.54 Å². The lowest BCUT2D eigenvalue weighted by Gasteiger charge is -2.09. The Kier molecular flexibility index (Phi) is 4.15. The van der Waals surface area contributed by atoms with Crippen molar-refractivity contribution in [2.24, 2.45) is 0 Å². The Balaban J connectivity index is 2.06. The summed E-state index contributed by atoms with van der Waals surface area (Å²) in [7, 11) is 3.06. The van der Waals surface area contributed by atoms with E-state index in [9.17, 15) is 9.59 Å².